The van der Waals surface area contributed by atoms with E-state index in [-0.39, 0.29) is 28.7 Å². The van der Waals surface area contributed by atoms with Gasteiger partial charge in [0, 0.05) is 16.4 Å². The van der Waals surface area contributed by atoms with Gasteiger partial charge >= 0.3 is 0 Å². The second kappa shape index (κ2) is 5.88. The zero-order valence-electron chi connectivity index (χ0n) is 14.3. The number of thioether (sulfide) groups is 1. The molecule has 130 valence electrons. The fraction of sp³-hybridized carbons (Fsp3) is 0.529. The lowest BCUT2D eigenvalue weighted by Crippen LogP contribution is -2.38. The smallest absolute Gasteiger partial charge is 0.253 e. The van der Waals surface area contributed by atoms with Gasteiger partial charge < -0.3 is 4.90 Å². The van der Waals surface area contributed by atoms with Crippen molar-refractivity contribution in [3.63, 3.8) is 0 Å². The first kappa shape index (κ1) is 17.5. The Hall–Kier alpha value is -1.34. The molecule has 0 saturated carbocycles. The van der Waals surface area contributed by atoms with E-state index in [2.05, 4.69) is 4.99 Å². The lowest BCUT2D eigenvalue weighted by atomic mass is 9.96. The minimum absolute atomic E-state index is 0.0684. The van der Waals surface area contributed by atoms with Crippen LogP contribution in [0, 0.1) is 12.3 Å². The number of hydrogen-bond acceptors (Lipinski definition) is 4. The van der Waals surface area contributed by atoms with Crippen molar-refractivity contribution in [1.82, 2.24) is 0 Å². The highest BCUT2D eigenvalue weighted by molar-refractivity contribution is 8.16. The van der Waals surface area contributed by atoms with Crippen LogP contribution in [0.1, 0.15) is 26.3 Å². The summed E-state index contributed by atoms with van der Waals surface area (Å²) in [6.07, 6.45) is 0. The van der Waals surface area contributed by atoms with Gasteiger partial charge in [0.05, 0.1) is 17.5 Å². The number of anilines is 1. The van der Waals surface area contributed by atoms with Crippen LogP contribution in [0.15, 0.2) is 29.3 Å². The summed E-state index contributed by atoms with van der Waals surface area (Å²) in [5.41, 5.74) is 1.41. The first-order valence-corrected chi connectivity index (χ1v) is 10.6. The van der Waals surface area contributed by atoms with E-state index in [9.17, 15) is 13.2 Å². The molecule has 1 aromatic rings. The van der Waals surface area contributed by atoms with E-state index in [1.807, 2.05) is 56.9 Å². The van der Waals surface area contributed by atoms with Crippen LogP contribution < -0.4 is 4.90 Å². The molecule has 2 fully saturated rings. The molecular weight excluding hydrogens is 344 g/mol. The quantitative estimate of drug-likeness (QED) is 0.764. The summed E-state index contributed by atoms with van der Waals surface area (Å²) in [6, 6.07) is 7.66. The van der Waals surface area contributed by atoms with E-state index in [0.717, 1.165) is 11.3 Å². The zero-order valence-corrected chi connectivity index (χ0v) is 15.9. The van der Waals surface area contributed by atoms with Gasteiger partial charge in [-0.25, -0.2) is 8.42 Å². The number of carbonyl (C=O) groups excluding carboxylic acids is 1. The first-order chi connectivity index (χ1) is 11.1. The van der Waals surface area contributed by atoms with Gasteiger partial charge in [-0.15, -0.1) is 0 Å². The molecular formula is C17H22N2O3S2. The molecule has 2 aliphatic heterocycles. The molecule has 7 heteroatoms. The van der Waals surface area contributed by atoms with Gasteiger partial charge in [-0.1, -0.05) is 50.7 Å². The summed E-state index contributed by atoms with van der Waals surface area (Å²) in [5.74, 6) is 0.0706. The Bertz CT molecular complexity index is 809. The van der Waals surface area contributed by atoms with Crippen molar-refractivity contribution >= 4 is 38.4 Å². The largest absolute Gasteiger partial charge is 0.315 e. The number of carbonyl (C=O) groups is 1. The Labute approximate surface area is 147 Å². The standard InChI is InChI=1S/C17H22N2O3S2/c1-11-7-5-6-8-12(11)19-13-9-24(21,22)10-14(13)23-16(19)18-15(20)17(2,3)4/h5-8,13-14H,9-10H2,1-4H3/t13-,14+/m0/s1. The summed E-state index contributed by atoms with van der Waals surface area (Å²) in [7, 11) is -3.04. The van der Waals surface area contributed by atoms with Crippen molar-refractivity contribution in [1.29, 1.82) is 0 Å². The monoisotopic (exact) mass is 366 g/mol. The third-order valence-corrected chi connectivity index (χ3v) is 7.49. The second-order valence-electron chi connectivity index (χ2n) is 7.41. The van der Waals surface area contributed by atoms with E-state index >= 15 is 0 Å². The number of benzene rings is 1. The number of fused-ring (bicyclic) bond motifs is 1. The van der Waals surface area contributed by atoms with Crippen LogP contribution in [0.25, 0.3) is 0 Å². The molecule has 2 heterocycles. The fourth-order valence-electron chi connectivity index (χ4n) is 2.93. The summed E-state index contributed by atoms with van der Waals surface area (Å²) < 4.78 is 24.1. The Balaban J connectivity index is 2.05. The zero-order chi connectivity index (χ0) is 17.7. The van der Waals surface area contributed by atoms with Crippen LogP contribution in [-0.2, 0) is 14.6 Å². The molecule has 0 radical (unpaired) electrons. The number of nitrogens with zero attached hydrogens (tertiary/aromatic N) is 2. The summed E-state index contributed by atoms with van der Waals surface area (Å²) >= 11 is 1.42. The van der Waals surface area contributed by atoms with Gasteiger partial charge in [-0.05, 0) is 18.6 Å². The summed E-state index contributed by atoms with van der Waals surface area (Å²) in [6.45, 7) is 7.49. The predicted octanol–water partition coefficient (Wildman–Crippen LogP) is 2.64. The number of aryl methyl sites for hydroxylation is 1. The van der Waals surface area contributed by atoms with Gasteiger partial charge in [0.2, 0.25) is 0 Å². The number of para-hydroxylation sites is 1. The molecule has 0 bridgehead atoms. The highest BCUT2D eigenvalue weighted by Gasteiger charge is 2.49. The molecule has 0 unspecified atom stereocenters. The first-order valence-electron chi connectivity index (χ1n) is 7.93. The molecule has 0 aromatic heterocycles. The van der Waals surface area contributed by atoms with Crippen molar-refractivity contribution < 1.29 is 13.2 Å². The van der Waals surface area contributed by atoms with E-state index < -0.39 is 15.3 Å². The number of aliphatic imine (C=N–C) groups is 1. The molecule has 3 rings (SSSR count). The fourth-order valence-corrected chi connectivity index (χ4v) is 6.84. The van der Waals surface area contributed by atoms with Crippen molar-refractivity contribution in [2.45, 2.75) is 39.0 Å². The van der Waals surface area contributed by atoms with Gasteiger partial charge in [0.1, 0.15) is 0 Å². The average molecular weight is 367 g/mol. The molecule has 5 nitrogen and oxygen atoms in total. The van der Waals surface area contributed by atoms with Crippen LogP contribution in [0.5, 0.6) is 0 Å². The number of amides is 1. The van der Waals surface area contributed by atoms with Crippen LogP contribution >= 0.6 is 11.8 Å². The maximum absolute atomic E-state index is 12.4. The minimum Gasteiger partial charge on any atom is -0.315 e. The Kier molecular flexibility index (Phi) is 4.28. The van der Waals surface area contributed by atoms with Gasteiger partial charge in [0.15, 0.2) is 15.0 Å². The Morgan fingerprint density at radius 1 is 1.25 bits per heavy atom. The molecule has 1 aromatic carbocycles. The van der Waals surface area contributed by atoms with Gasteiger partial charge in [-0.3, -0.25) is 4.79 Å². The molecule has 2 atom stereocenters. The number of rotatable bonds is 1. The highest BCUT2D eigenvalue weighted by Crippen LogP contribution is 2.42. The van der Waals surface area contributed by atoms with Crippen molar-refractivity contribution in [3.8, 4) is 0 Å². The third kappa shape index (κ3) is 3.24. The molecule has 0 aliphatic carbocycles. The number of amidine groups is 1. The highest BCUT2D eigenvalue weighted by atomic mass is 32.2. The Morgan fingerprint density at radius 3 is 2.54 bits per heavy atom. The summed E-state index contributed by atoms with van der Waals surface area (Å²) in [4.78, 5) is 18.7. The minimum atomic E-state index is -3.04. The van der Waals surface area contributed by atoms with E-state index in [4.69, 9.17) is 0 Å². The number of hydrogen-bond donors (Lipinski definition) is 0. The van der Waals surface area contributed by atoms with Crippen molar-refractivity contribution in [2.75, 3.05) is 16.4 Å². The maximum atomic E-state index is 12.4. The average Bonchev–Trinajstić information content (AvgIpc) is 2.90. The lowest BCUT2D eigenvalue weighted by molar-refractivity contribution is -0.124. The molecule has 1 amide bonds. The van der Waals surface area contributed by atoms with Crippen LogP contribution in [0.4, 0.5) is 5.69 Å². The number of sulfone groups is 1. The molecule has 2 saturated heterocycles. The normalized spacial score (nSPS) is 27.5. The SMILES string of the molecule is Cc1ccccc1N1C(=NC(=O)C(C)(C)C)S[C@@H]2CS(=O)(=O)C[C@@H]21. The van der Waals surface area contributed by atoms with Gasteiger partial charge in [0.25, 0.3) is 5.91 Å². The van der Waals surface area contributed by atoms with Crippen LogP contribution in [0.2, 0.25) is 0 Å². The van der Waals surface area contributed by atoms with E-state index in [1.54, 1.807) is 0 Å². The topological polar surface area (TPSA) is 66.8 Å². The molecule has 0 N–H and O–H groups in total. The molecule has 2 aliphatic rings. The Morgan fingerprint density at radius 2 is 1.92 bits per heavy atom. The van der Waals surface area contributed by atoms with Crippen molar-refractivity contribution in [2.24, 2.45) is 10.4 Å². The molecule has 0 spiro atoms. The van der Waals surface area contributed by atoms with E-state index in [1.165, 1.54) is 11.8 Å². The second-order valence-corrected chi connectivity index (χ2v) is 10.8. The predicted molar refractivity (Wildman–Crippen MR) is 99.4 cm³/mol. The van der Waals surface area contributed by atoms with Crippen LogP contribution in [0.3, 0.4) is 0 Å². The summed E-state index contributed by atoms with van der Waals surface area (Å²) in [5, 5.41) is 0.551. The van der Waals surface area contributed by atoms with Gasteiger partial charge in [-0.2, -0.15) is 4.99 Å². The molecule has 24 heavy (non-hydrogen) atoms. The third-order valence-electron chi connectivity index (χ3n) is 4.28. The lowest BCUT2D eigenvalue weighted by Gasteiger charge is -2.26. The maximum Gasteiger partial charge on any atom is 0.253 e. The van der Waals surface area contributed by atoms with Crippen molar-refractivity contribution in [3.05, 3.63) is 29.8 Å². The van der Waals surface area contributed by atoms with E-state index in [0.29, 0.717) is 5.17 Å². The van der Waals surface area contributed by atoms with Crippen LogP contribution in [-0.4, -0.2) is 42.3 Å².